The van der Waals surface area contributed by atoms with Crippen LogP contribution in [0.3, 0.4) is 0 Å². The van der Waals surface area contributed by atoms with Gasteiger partial charge >= 0.3 is 0 Å². The smallest absolute Gasteiger partial charge is 0.187 e. The monoisotopic (exact) mass is 580 g/mol. The lowest BCUT2D eigenvalue weighted by Gasteiger charge is -2.36. The fourth-order valence-electron chi connectivity index (χ4n) is 7.61. The Hall–Kier alpha value is -5.60. The average Bonchev–Trinajstić information content (AvgIpc) is 3.61. The molecule has 1 spiro atoms. The Kier molecular flexibility index (Phi) is 5.73. The molecule has 0 aliphatic heterocycles. The van der Waals surface area contributed by atoms with Gasteiger partial charge in [0.05, 0.1) is 6.57 Å². The number of para-hydroxylation sites is 1. The molecule has 214 valence electrons. The Morgan fingerprint density at radius 2 is 1.24 bits per heavy atom. The van der Waals surface area contributed by atoms with Crippen LogP contribution in [0, 0.1) is 6.57 Å². The second-order valence-corrected chi connectivity index (χ2v) is 12.2. The van der Waals surface area contributed by atoms with Gasteiger partial charge in [0.1, 0.15) is 11.2 Å². The molecule has 5 nitrogen and oxygen atoms in total. The molecule has 0 radical (unpaired) electrons. The fraction of sp³-hybridized carbons (Fsp3) is 0.150. The molecule has 0 atom stereocenters. The lowest BCUT2D eigenvalue weighted by atomic mass is 9.67. The topological polar surface area (TPSA) is 56.2 Å². The minimum Gasteiger partial charge on any atom is -0.456 e. The van der Waals surface area contributed by atoms with Gasteiger partial charge in [0.15, 0.2) is 23.2 Å². The molecule has 2 aromatic heterocycles. The third kappa shape index (κ3) is 4.03. The van der Waals surface area contributed by atoms with Gasteiger partial charge in [0.25, 0.3) is 0 Å². The molecule has 7 aromatic rings. The van der Waals surface area contributed by atoms with Gasteiger partial charge < -0.3 is 4.42 Å². The number of furan rings is 1. The molecule has 5 aromatic carbocycles. The van der Waals surface area contributed by atoms with E-state index in [1.165, 1.54) is 41.5 Å². The Bertz CT molecular complexity index is 2320. The Balaban J connectivity index is 1.23. The first-order valence-electron chi connectivity index (χ1n) is 15.6. The summed E-state index contributed by atoms with van der Waals surface area (Å²) in [4.78, 5) is 18.9. The Morgan fingerprint density at radius 1 is 0.556 bits per heavy atom. The van der Waals surface area contributed by atoms with Gasteiger partial charge in [0.2, 0.25) is 0 Å². The average molecular weight is 581 g/mol. The summed E-state index contributed by atoms with van der Waals surface area (Å²) in [6, 6.07) is 37.3. The van der Waals surface area contributed by atoms with Crippen molar-refractivity contribution in [1.29, 1.82) is 0 Å². The molecule has 0 N–H and O–H groups in total. The van der Waals surface area contributed by atoms with Crippen molar-refractivity contribution in [2.45, 2.75) is 37.5 Å². The summed E-state index contributed by atoms with van der Waals surface area (Å²) in [7, 11) is 0. The predicted octanol–water partition coefficient (Wildman–Crippen LogP) is 10.6. The number of benzene rings is 5. The minimum absolute atomic E-state index is 0.0378. The van der Waals surface area contributed by atoms with Crippen LogP contribution in [0.4, 0.5) is 5.69 Å². The quantitative estimate of drug-likeness (QED) is 0.195. The molecule has 2 aliphatic carbocycles. The summed E-state index contributed by atoms with van der Waals surface area (Å²) in [5.41, 5.74) is 10.3. The van der Waals surface area contributed by atoms with E-state index in [1.807, 2.05) is 60.7 Å². The van der Waals surface area contributed by atoms with E-state index in [-0.39, 0.29) is 5.41 Å². The third-order valence-electron chi connectivity index (χ3n) is 9.74. The van der Waals surface area contributed by atoms with E-state index in [1.54, 1.807) is 0 Å². The second-order valence-electron chi connectivity index (χ2n) is 12.2. The van der Waals surface area contributed by atoms with Gasteiger partial charge in [-0.25, -0.2) is 19.8 Å². The van der Waals surface area contributed by atoms with Gasteiger partial charge in [-0.05, 0) is 65.4 Å². The molecular weight excluding hydrogens is 552 g/mol. The standard InChI is InChI=1S/C40H28N4O/c1-41-28-16-19-33-32(24-28)29-17-14-26(22-34(29)40(33)20-8-3-9-21-40)38-42-37(25-10-4-2-5-11-25)43-39(44-38)27-15-18-31-30-12-6-7-13-35(30)45-36(31)23-27/h2,4-7,10-19,22-24H,3,8-9,20-21H2. The first kappa shape index (κ1) is 25.9. The number of nitrogens with zero attached hydrogens (tertiary/aromatic N) is 4. The van der Waals surface area contributed by atoms with E-state index in [9.17, 15) is 0 Å². The van der Waals surface area contributed by atoms with E-state index in [0.717, 1.165) is 51.5 Å². The second kappa shape index (κ2) is 9.97. The molecular formula is C40H28N4O. The zero-order valence-corrected chi connectivity index (χ0v) is 24.6. The Morgan fingerprint density at radius 3 is 2.04 bits per heavy atom. The lowest BCUT2D eigenvalue weighted by Crippen LogP contribution is -2.28. The molecule has 9 rings (SSSR count). The van der Waals surface area contributed by atoms with Gasteiger partial charge in [-0.2, -0.15) is 0 Å². The molecule has 2 heterocycles. The van der Waals surface area contributed by atoms with E-state index in [0.29, 0.717) is 23.2 Å². The molecule has 0 bridgehead atoms. The van der Waals surface area contributed by atoms with Gasteiger partial charge in [-0.15, -0.1) is 0 Å². The van der Waals surface area contributed by atoms with E-state index in [4.69, 9.17) is 25.9 Å². The van der Waals surface area contributed by atoms with Crippen molar-refractivity contribution in [2.75, 3.05) is 0 Å². The largest absolute Gasteiger partial charge is 0.456 e. The van der Waals surface area contributed by atoms with Gasteiger partial charge in [-0.3, -0.25) is 0 Å². The highest BCUT2D eigenvalue weighted by Gasteiger charge is 2.43. The Labute approximate surface area is 261 Å². The first-order chi connectivity index (χ1) is 22.2. The summed E-state index contributed by atoms with van der Waals surface area (Å²) in [5, 5.41) is 2.17. The maximum atomic E-state index is 7.62. The van der Waals surface area contributed by atoms with Crippen molar-refractivity contribution >= 4 is 27.6 Å². The number of rotatable bonds is 3. The normalized spacial score (nSPS) is 14.8. The van der Waals surface area contributed by atoms with Crippen molar-refractivity contribution in [3.8, 4) is 45.3 Å². The number of aromatic nitrogens is 3. The predicted molar refractivity (Wildman–Crippen MR) is 179 cm³/mol. The number of fused-ring (bicyclic) bond motifs is 8. The zero-order valence-electron chi connectivity index (χ0n) is 24.6. The maximum Gasteiger partial charge on any atom is 0.187 e. The summed E-state index contributed by atoms with van der Waals surface area (Å²) >= 11 is 0. The molecule has 1 saturated carbocycles. The van der Waals surface area contributed by atoms with Crippen LogP contribution in [0.5, 0.6) is 0 Å². The van der Waals surface area contributed by atoms with Crippen LogP contribution in [0.15, 0.2) is 114 Å². The fourth-order valence-corrected chi connectivity index (χ4v) is 7.61. The zero-order chi connectivity index (χ0) is 30.0. The van der Waals surface area contributed by atoms with Gasteiger partial charge in [0, 0.05) is 32.9 Å². The molecule has 0 amide bonds. The third-order valence-corrected chi connectivity index (χ3v) is 9.74. The highest BCUT2D eigenvalue weighted by Crippen LogP contribution is 2.57. The van der Waals surface area contributed by atoms with E-state index < -0.39 is 0 Å². The van der Waals surface area contributed by atoms with Crippen molar-refractivity contribution in [3.05, 3.63) is 132 Å². The van der Waals surface area contributed by atoms with Crippen LogP contribution in [0.1, 0.15) is 43.2 Å². The van der Waals surface area contributed by atoms with E-state index >= 15 is 0 Å². The summed E-state index contributed by atoms with van der Waals surface area (Å²) in [5.74, 6) is 1.90. The minimum atomic E-state index is -0.0378. The van der Waals surface area contributed by atoms with Crippen molar-refractivity contribution < 1.29 is 4.42 Å². The SMILES string of the molecule is [C-]#[N+]c1ccc2c(c1)-c1ccc(-c3nc(-c4ccccc4)nc(-c4ccc5c(c4)oc4ccccc45)n3)cc1C21CCCCC1. The summed E-state index contributed by atoms with van der Waals surface area (Å²) < 4.78 is 6.22. The van der Waals surface area contributed by atoms with Gasteiger partial charge in [-0.1, -0.05) is 98.1 Å². The highest BCUT2D eigenvalue weighted by molar-refractivity contribution is 6.05. The lowest BCUT2D eigenvalue weighted by molar-refractivity contribution is 0.353. The molecule has 45 heavy (non-hydrogen) atoms. The van der Waals surface area contributed by atoms with Crippen LogP contribution >= 0.6 is 0 Å². The maximum absolute atomic E-state index is 7.62. The molecule has 0 unspecified atom stereocenters. The highest BCUT2D eigenvalue weighted by atomic mass is 16.3. The van der Waals surface area contributed by atoms with E-state index in [2.05, 4.69) is 53.4 Å². The van der Waals surface area contributed by atoms with Crippen LogP contribution in [0.25, 0.3) is 72.1 Å². The first-order valence-corrected chi connectivity index (χ1v) is 15.6. The van der Waals surface area contributed by atoms with Crippen LogP contribution < -0.4 is 0 Å². The molecule has 0 saturated heterocycles. The van der Waals surface area contributed by atoms with Crippen molar-refractivity contribution in [1.82, 2.24) is 15.0 Å². The van der Waals surface area contributed by atoms with Crippen molar-refractivity contribution in [2.24, 2.45) is 0 Å². The van der Waals surface area contributed by atoms with Crippen molar-refractivity contribution in [3.63, 3.8) is 0 Å². The molecule has 1 fully saturated rings. The van der Waals surface area contributed by atoms with Crippen LogP contribution in [-0.4, -0.2) is 15.0 Å². The van der Waals surface area contributed by atoms with Crippen LogP contribution in [-0.2, 0) is 5.41 Å². The van der Waals surface area contributed by atoms with Crippen LogP contribution in [0.2, 0.25) is 0 Å². The summed E-state index contributed by atoms with van der Waals surface area (Å²) in [6.45, 7) is 7.62. The number of hydrogen-bond donors (Lipinski definition) is 0. The number of hydrogen-bond acceptors (Lipinski definition) is 4. The molecule has 5 heteroatoms. The molecule has 2 aliphatic rings. The summed E-state index contributed by atoms with van der Waals surface area (Å²) in [6.07, 6.45) is 5.89.